The van der Waals surface area contributed by atoms with E-state index in [-0.39, 0.29) is 24.0 Å². The molecule has 0 N–H and O–H groups in total. The highest BCUT2D eigenvalue weighted by atomic mass is 16.5. The number of hydrogen-bond acceptors (Lipinski definition) is 5. The lowest BCUT2D eigenvalue weighted by molar-refractivity contribution is -0.130. The molecule has 1 aromatic rings. The molecule has 3 rings (SSSR count). The van der Waals surface area contributed by atoms with Gasteiger partial charge in [0, 0.05) is 64.7 Å². The summed E-state index contributed by atoms with van der Waals surface area (Å²) in [4.78, 5) is 28.6. The molecule has 2 heterocycles. The van der Waals surface area contributed by atoms with E-state index in [0.29, 0.717) is 36.8 Å². The maximum atomic E-state index is 13.3. The number of nitrogens with zero attached hydrogens (tertiary/aromatic N) is 2. The molecule has 0 unspecified atom stereocenters. The Balaban J connectivity index is 1.71. The summed E-state index contributed by atoms with van der Waals surface area (Å²) < 4.78 is 16.9. The number of carbonyl (C=O) groups is 2. The molecule has 7 heteroatoms. The van der Waals surface area contributed by atoms with Gasteiger partial charge in [-0.3, -0.25) is 9.59 Å². The summed E-state index contributed by atoms with van der Waals surface area (Å²) in [6, 6.07) is 5.64. The van der Waals surface area contributed by atoms with Crippen molar-refractivity contribution < 1.29 is 23.8 Å². The number of benzene rings is 1. The summed E-state index contributed by atoms with van der Waals surface area (Å²) in [5.74, 6) is 1.35. The van der Waals surface area contributed by atoms with Crippen LogP contribution in [0.1, 0.15) is 55.8 Å². The van der Waals surface area contributed by atoms with Gasteiger partial charge in [0.15, 0.2) is 11.5 Å². The van der Waals surface area contributed by atoms with Crippen LogP contribution in [0.4, 0.5) is 0 Å². The minimum Gasteiger partial charge on any atom is -0.493 e. The third-order valence-electron chi connectivity index (χ3n) is 6.13. The van der Waals surface area contributed by atoms with E-state index in [9.17, 15) is 9.59 Å². The predicted octanol–water partition coefficient (Wildman–Crippen LogP) is 3.12. The summed E-state index contributed by atoms with van der Waals surface area (Å²) >= 11 is 0. The quantitative estimate of drug-likeness (QED) is 0.681. The van der Waals surface area contributed by atoms with Gasteiger partial charge in [0.05, 0.1) is 7.11 Å². The second kappa shape index (κ2) is 10.7. The zero-order valence-electron chi connectivity index (χ0n) is 18.4. The maximum absolute atomic E-state index is 13.3. The number of hydrogen-bond donors (Lipinski definition) is 0. The average molecular weight is 419 g/mol. The van der Waals surface area contributed by atoms with Crippen LogP contribution < -0.4 is 9.47 Å². The van der Waals surface area contributed by atoms with Gasteiger partial charge in [-0.05, 0) is 43.9 Å². The van der Waals surface area contributed by atoms with E-state index in [1.165, 1.54) is 0 Å². The molecule has 0 bridgehead atoms. The number of piperidine rings is 2. The van der Waals surface area contributed by atoms with Crippen LogP contribution in [-0.2, 0) is 9.53 Å². The highest BCUT2D eigenvalue weighted by Gasteiger charge is 2.28. The van der Waals surface area contributed by atoms with Crippen LogP contribution >= 0.6 is 0 Å². The molecule has 1 atom stereocenters. The van der Waals surface area contributed by atoms with E-state index in [4.69, 9.17) is 14.2 Å². The van der Waals surface area contributed by atoms with Crippen molar-refractivity contribution in [3.8, 4) is 11.5 Å². The lowest BCUT2D eigenvalue weighted by Gasteiger charge is -2.36. The van der Waals surface area contributed by atoms with Gasteiger partial charge < -0.3 is 24.0 Å². The van der Waals surface area contributed by atoms with E-state index in [1.807, 2.05) is 15.9 Å². The molecular formula is C23H34N2O5. The van der Waals surface area contributed by atoms with Crippen molar-refractivity contribution in [1.29, 1.82) is 0 Å². The first-order valence-corrected chi connectivity index (χ1v) is 10.9. The zero-order valence-corrected chi connectivity index (χ0v) is 18.4. The first-order chi connectivity index (χ1) is 14.5. The molecule has 2 aliphatic rings. The highest BCUT2D eigenvalue weighted by Crippen LogP contribution is 2.32. The molecule has 30 heavy (non-hydrogen) atoms. The number of rotatable bonds is 7. The first kappa shape index (κ1) is 22.4. The third-order valence-corrected chi connectivity index (χ3v) is 6.13. The molecule has 0 aliphatic carbocycles. The molecule has 7 nitrogen and oxygen atoms in total. The molecule has 0 saturated carbocycles. The molecule has 0 aromatic heterocycles. The van der Waals surface area contributed by atoms with Crippen LogP contribution in [0.25, 0.3) is 0 Å². The SMILES string of the molecule is COCC[C@@H]1CCCCN1C(=O)c1ccc(OC)c(OC2CCN(C(C)=O)CC2)c1. The fraction of sp³-hybridized carbons (Fsp3) is 0.652. The van der Waals surface area contributed by atoms with Crippen LogP contribution in [0.3, 0.4) is 0 Å². The van der Waals surface area contributed by atoms with Gasteiger partial charge >= 0.3 is 0 Å². The van der Waals surface area contributed by atoms with Crippen LogP contribution in [-0.4, -0.2) is 74.2 Å². The van der Waals surface area contributed by atoms with E-state index in [0.717, 1.165) is 45.1 Å². The fourth-order valence-electron chi connectivity index (χ4n) is 4.36. The Bertz CT molecular complexity index is 730. The largest absolute Gasteiger partial charge is 0.493 e. The van der Waals surface area contributed by atoms with Gasteiger partial charge in [0.1, 0.15) is 6.10 Å². The summed E-state index contributed by atoms with van der Waals surface area (Å²) in [6.07, 6.45) is 5.60. The summed E-state index contributed by atoms with van der Waals surface area (Å²) in [5.41, 5.74) is 0.622. The number of carbonyl (C=O) groups excluding carboxylic acids is 2. The Hall–Kier alpha value is -2.28. The second-order valence-electron chi connectivity index (χ2n) is 8.12. The van der Waals surface area contributed by atoms with E-state index in [1.54, 1.807) is 33.3 Å². The molecule has 2 aliphatic heterocycles. The molecule has 1 aromatic carbocycles. The minimum absolute atomic E-state index is 0.00397. The van der Waals surface area contributed by atoms with Crippen molar-refractivity contribution >= 4 is 11.8 Å². The van der Waals surface area contributed by atoms with Crippen LogP contribution in [0.5, 0.6) is 11.5 Å². The molecular weight excluding hydrogens is 384 g/mol. The Kier molecular flexibility index (Phi) is 7.96. The number of methoxy groups -OCH3 is 2. The molecule has 0 spiro atoms. The fourth-order valence-corrected chi connectivity index (χ4v) is 4.36. The summed E-state index contributed by atoms with van der Waals surface area (Å²) in [6.45, 7) is 4.41. The Morgan fingerprint density at radius 3 is 2.47 bits per heavy atom. The topological polar surface area (TPSA) is 68.3 Å². The third kappa shape index (κ3) is 5.45. The monoisotopic (exact) mass is 418 g/mol. The van der Waals surface area contributed by atoms with Crippen molar-refractivity contribution in [3.05, 3.63) is 23.8 Å². The van der Waals surface area contributed by atoms with E-state index in [2.05, 4.69) is 0 Å². The Morgan fingerprint density at radius 2 is 1.80 bits per heavy atom. The molecule has 0 radical (unpaired) electrons. The minimum atomic E-state index is 0.00397. The van der Waals surface area contributed by atoms with Crippen molar-refractivity contribution in [2.45, 2.75) is 57.6 Å². The van der Waals surface area contributed by atoms with Gasteiger partial charge in [-0.15, -0.1) is 0 Å². The lowest BCUT2D eigenvalue weighted by atomic mass is 9.98. The first-order valence-electron chi connectivity index (χ1n) is 10.9. The number of amides is 2. The summed E-state index contributed by atoms with van der Waals surface area (Å²) in [5, 5.41) is 0. The zero-order chi connectivity index (χ0) is 21.5. The van der Waals surface area contributed by atoms with Crippen LogP contribution in [0.15, 0.2) is 18.2 Å². The molecule has 166 valence electrons. The maximum Gasteiger partial charge on any atom is 0.254 e. The van der Waals surface area contributed by atoms with Crippen molar-refractivity contribution in [2.75, 3.05) is 40.5 Å². The van der Waals surface area contributed by atoms with Gasteiger partial charge in [0.2, 0.25) is 5.91 Å². The highest BCUT2D eigenvalue weighted by molar-refractivity contribution is 5.95. The molecule has 2 amide bonds. The van der Waals surface area contributed by atoms with Gasteiger partial charge in [-0.25, -0.2) is 0 Å². The van der Waals surface area contributed by atoms with Crippen molar-refractivity contribution in [1.82, 2.24) is 9.80 Å². The Labute approximate surface area is 179 Å². The van der Waals surface area contributed by atoms with E-state index >= 15 is 0 Å². The predicted molar refractivity (Wildman–Crippen MR) is 114 cm³/mol. The number of likely N-dealkylation sites (tertiary alicyclic amines) is 2. The van der Waals surface area contributed by atoms with Crippen molar-refractivity contribution in [2.24, 2.45) is 0 Å². The van der Waals surface area contributed by atoms with Crippen LogP contribution in [0.2, 0.25) is 0 Å². The average Bonchev–Trinajstić information content (AvgIpc) is 2.77. The Morgan fingerprint density at radius 1 is 1.03 bits per heavy atom. The summed E-state index contributed by atoms with van der Waals surface area (Å²) in [7, 11) is 3.30. The van der Waals surface area contributed by atoms with E-state index < -0.39 is 0 Å². The van der Waals surface area contributed by atoms with Crippen LogP contribution in [0, 0.1) is 0 Å². The van der Waals surface area contributed by atoms with Gasteiger partial charge in [-0.2, -0.15) is 0 Å². The lowest BCUT2D eigenvalue weighted by Crippen LogP contribution is -2.44. The number of ether oxygens (including phenoxy) is 3. The van der Waals surface area contributed by atoms with Gasteiger partial charge in [-0.1, -0.05) is 0 Å². The molecule has 2 saturated heterocycles. The molecule has 2 fully saturated rings. The standard InChI is InChI=1S/C23H34N2O5/c1-17(26)24-13-9-20(10-14-24)30-22-16-18(7-8-21(22)29-3)23(27)25-12-5-4-6-19(25)11-15-28-2/h7-8,16,19-20H,4-6,9-15H2,1-3H3/t19-/m0/s1. The van der Waals surface area contributed by atoms with Gasteiger partial charge in [0.25, 0.3) is 5.91 Å². The second-order valence-corrected chi connectivity index (χ2v) is 8.12. The normalized spacial score (nSPS) is 20.2. The smallest absolute Gasteiger partial charge is 0.254 e. The van der Waals surface area contributed by atoms with Crippen molar-refractivity contribution in [3.63, 3.8) is 0 Å².